The zero-order valence-corrected chi connectivity index (χ0v) is 16.3. The van der Waals surface area contributed by atoms with Crippen LogP contribution in [0.15, 0.2) is 64.6 Å². The molecule has 0 saturated heterocycles. The number of halogens is 1. The van der Waals surface area contributed by atoms with Crippen LogP contribution in [0, 0.1) is 26.8 Å². The van der Waals surface area contributed by atoms with Gasteiger partial charge in [0.25, 0.3) is 0 Å². The van der Waals surface area contributed by atoms with E-state index in [9.17, 15) is 4.39 Å². The second-order valence-electron chi connectivity index (χ2n) is 6.79. The van der Waals surface area contributed by atoms with Crippen molar-refractivity contribution in [3.8, 4) is 0 Å². The standard InChI is InChI=1S/C22H20FN3S/c1-14-11-15(2)19(16(3)12-14)27-21-18-9-10-26(20(18)24-22(23)25-21)13-17-7-5-4-6-8-17/h4-12H,13H2,1-3H3. The Morgan fingerprint density at radius 2 is 1.67 bits per heavy atom. The molecule has 0 aliphatic heterocycles. The van der Waals surface area contributed by atoms with Crippen molar-refractivity contribution in [2.45, 2.75) is 37.2 Å². The molecule has 0 fully saturated rings. The van der Waals surface area contributed by atoms with E-state index in [0.717, 1.165) is 15.8 Å². The number of aromatic nitrogens is 3. The van der Waals surface area contributed by atoms with Crippen molar-refractivity contribution in [1.82, 2.24) is 14.5 Å². The molecule has 0 aliphatic carbocycles. The van der Waals surface area contributed by atoms with Gasteiger partial charge in [-0.2, -0.15) is 14.4 Å². The lowest BCUT2D eigenvalue weighted by molar-refractivity contribution is 0.531. The molecule has 5 heteroatoms. The zero-order chi connectivity index (χ0) is 19.0. The maximum absolute atomic E-state index is 14.2. The lowest BCUT2D eigenvalue weighted by Gasteiger charge is -2.11. The molecule has 0 radical (unpaired) electrons. The number of benzene rings is 2. The molecule has 136 valence electrons. The summed E-state index contributed by atoms with van der Waals surface area (Å²) in [4.78, 5) is 9.28. The number of aryl methyl sites for hydroxylation is 3. The Bertz CT molecular complexity index is 1100. The van der Waals surface area contributed by atoms with E-state index in [2.05, 4.69) is 55.0 Å². The van der Waals surface area contributed by atoms with Crippen molar-refractivity contribution in [2.24, 2.45) is 0 Å². The molecule has 0 N–H and O–H groups in total. The van der Waals surface area contributed by atoms with E-state index in [1.807, 2.05) is 35.0 Å². The van der Waals surface area contributed by atoms with E-state index in [4.69, 9.17) is 0 Å². The number of hydrogen-bond donors (Lipinski definition) is 0. The highest BCUT2D eigenvalue weighted by atomic mass is 32.2. The average molecular weight is 377 g/mol. The highest BCUT2D eigenvalue weighted by Crippen LogP contribution is 2.36. The van der Waals surface area contributed by atoms with Crippen molar-refractivity contribution < 1.29 is 4.39 Å². The van der Waals surface area contributed by atoms with Gasteiger partial charge in [0.15, 0.2) is 0 Å². The van der Waals surface area contributed by atoms with Crippen molar-refractivity contribution in [1.29, 1.82) is 0 Å². The number of fused-ring (bicyclic) bond motifs is 1. The van der Waals surface area contributed by atoms with Gasteiger partial charge in [-0.05, 0) is 43.5 Å². The van der Waals surface area contributed by atoms with Crippen molar-refractivity contribution >= 4 is 22.8 Å². The first kappa shape index (κ1) is 17.7. The predicted molar refractivity (Wildman–Crippen MR) is 108 cm³/mol. The van der Waals surface area contributed by atoms with Crippen LogP contribution in [0.3, 0.4) is 0 Å². The van der Waals surface area contributed by atoms with E-state index in [-0.39, 0.29) is 0 Å². The molecule has 4 rings (SSSR count). The van der Waals surface area contributed by atoms with Gasteiger partial charge in [0.05, 0.1) is 5.39 Å². The lowest BCUT2D eigenvalue weighted by atomic mass is 10.1. The summed E-state index contributed by atoms with van der Waals surface area (Å²) in [6.07, 6.45) is 1.26. The third-order valence-corrected chi connectivity index (χ3v) is 5.91. The first-order chi connectivity index (χ1) is 13.0. The van der Waals surface area contributed by atoms with Gasteiger partial charge < -0.3 is 4.57 Å². The minimum Gasteiger partial charge on any atom is -0.328 e. The molecule has 2 aromatic heterocycles. The summed E-state index contributed by atoms with van der Waals surface area (Å²) in [5.41, 5.74) is 5.34. The Balaban J connectivity index is 1.76. The summed E-state index contributed by atoms with van der Waals surface area (Å²) in [6.45, 7) is 6.89. The van der Waals surface area contributed by atoms with Crippen LogP contribution in [-0.2, 0) is 6.54 Å². The molecule has 0 amide bonds. The Morgan fingerprint density at radius 1 is 0.963 bits per heavy atom. The molecule has 2 heterocycles. The largest absolute Gasteiger partial charge is 0.328 e. The normalized spacial score (nSPS) is 11.3. The minimum atomic E-state index is -0.694. The van der Waals surface area contributed by atoms with Gasteiger partial charge in [-0.1, -0.05) is 59.8 Å². The third kappa shape index (κ3) is 3.60. The number of nitrogens with zero attached hydrogens (tertiary/aromatic N) is 3. The molecule has 27 heavy (non-hydrogen) atoms. The fraction of sp³-hybridized carbons (Fsp3) is 0.182. The van der Waals surface area contributed by atoms with Crippen LogP contribution in [0.5, 0.6) is 0 Å². The number of rotatable bonds is 4. The summed E-state index contributed by atoms with van der Waals surface area (Å²) in [6, 6.07) is 16.4. The fourth-order valence-corrected chi connectivity index (χ4v) is 4.45. The molecule has 0 atom stereocenters. The average Bonchev–Trinajstić information content (AvgIpc) is 3.01. The minimum absolute atomic E-state index is 0.622. The van der Waals surface area contributed by atoms with Gasteiger partial charge in [0, 0.05) is 17.6 Å². The molecule has 0 aliphatic rings. The summed E-state index contributed by atoms with van der Waals surface area (Å²) in [5.74, 6) is 0. The van der Waals surface area contributed by atoms with Gasteiger partial charge in [0.1, 0.15) is 10.7 Å². The maximum atomic E-state index is 14.2. The Morgan fingerprint density at radius 3 is 2.37 bits per heavy atom. The van der Waals surface area contributed by atoms with Gasteiger partial charge in [-0.25, -0.2) is 0 Å². The van der Waals surface area contributed by atoms with E-state index < -0.39 is 6.08 Å². The van der Waals surface area contributed by atoms with Crippen LogP contribution in [0.25, 0.3) is 11.0 Å². The SMILES string of the molecule is Cc1cc(C)c(Sc2nc(F)nc3c2ccn3Cc2ccccc2)c(C)c1. The molecule has 0 spiro atoms. The summed E-state index contributed by atoms with van der Waals surface area (Å²) < 4.78 is 16.2. The second kappa shape index (κ2) is 7.16. The van der Waals surface area contributed by atoms with Crippen LogP contribution in [0.2, 0.25) is 0 Å². The van der Waals surface area contributed by atoms with E-state index in [1.54, 1.807) is 0 Å². The third-order valence-electron chi connectivity index (χ3n) is 4.56. The summed E-state index contributed by atoms with van der Waals surface area (Å²) in [7, 11) is 0. The zero-order valence-electron chi connectivity index (χ0n) is 15.5. The Kier molecular flexibility index (Phi) is 4.70. The van der Waals surface area contributed by atoms with Gasteiger partial charge in [-0.15, -0.1) is 0 Å². The Labute approximate surface area is 162 Å². The van der Waals surface area contributed by atoms with Crippen LogP contribution in [0.4, 0.5) is 4.39 Å². The fourth-order valence-electron chi connectivity index (χ4n) is 3.42. The quantitative estimate of drug-likeness (QED) is 0.338. The maximum Gasteiger partial charge on any atom is 0.311 e. The van der Waals surface area contributed by atoms with E-state index in [0.29, 0.717) is 17.2 Å². The lowest BCUT2D eigenvalue weighted by Crippen LogP contribution is -2.02. The van der Waals surface area contributed by atoms with E-state index >= 15 is 0 Å². The molecule has 0 saturated carbocycles. The molecular weight excluding hydrogens is 357 g/mol. The van der Waals surface area contributed by atoms with Crippen molar-refractivity contribution in [2.75, 3.05) is 0 Å². The molecule has 3 nitrogen and oxygen atoms in total. The second-order valence-corrected chi connectivity index (χ2v) is 7.79. The monoisotopic (exact) mass is 377 g/mol. The van der Waals surface area contributed by atoms with Crippen molar-refractivity contribution in [3.63, 3.8) is 0 Å². The first-order valence-corrected chi connectivity index (χ1v) is 9.65. The highest BCUT2D eigenvalue weighted by molar-refractivity contribution is 7.99. The Hall–Kier alpha value is -2.66. The van der Waals surface area contributed by atoms with Gasteiger partial charge in [-0.3, -0.25) is 0 Å². The highest BCUT2D eigenvalue weighted by Gasteiger charge is 2.15. The van der Waals surface area contributed by atoms with Crippen LogP contribution < -0.4 is 0 Å². The smallest absolute Gasteiger partial charge is 0.311 e. The first-order valence-electron chi connectivity index (χ1n) is 8.83. The van der Waals surface area contributed by atoms with Gasteiger partial charge in [0.2, 0.25) is 0 Å². The van der Waals surface area contributed by atoms with E-state index in [1.165, 1.54) is 28.5 Å². The van der Waals surface area contributed by atoms with Crippen molar-refractivity contribution in [3.05, 3.63) is 83.1 Å². The molecular formula is C22H20FN3S. The number of hydrogen-bond acceptors (Lipinski definition) is 3. The molecule has 2 aromatic carbocycles. The summed E-state index contributed by atoms with van der Waals surface area (Å²) in [5, 5.41) is 1.52. The molecule has 4 aromatic rings. The molecule has 0 bridgehead atoms. The van der Waals surface area contributed by atoms with Gasteiger partial charge >= 0.3 is 6.08 Å². The molecule has 0 unspecified atom stereocenters. The topological polar surface area (TPSA) is 30.7 Å². The van der Waals surface area contributed by atoms with Crippen LogP contribution in [-0.4, -0.2) is 14.5 Å². The predicted octanol–water partition coefficient (Wildman–Crippen LogP) is 5.70. The van der Waals surface area contributed by atoms with Crippen LogP contribution in [0.1, 0.15) is 22.3 Å². The van der Waals surface area contributed by atoms with Crippen LogP contribution >= 0.6 is 11.8 Å². The summed E-state index contributed by atoms with van der Waals surface area (Å²) >= 11 is 1.51.